The van der Waals surface area contributed by atoms with Gasteiger partial charge in [0.2, 0.25) is 0 Å². The van der Waals surface area contributed by atoms with Gasteiger partial charge in [-0.05, 0) is 75.4 Å². The highest BCUT2D eigenvalue weighted by Gasteiger charge is 2.49. The van der Waals surface area contributed by atoms with Crippen molar-refractivity contribution in [3.8, 4) is 0 Å². The van der Waals surface area contributed by atoms with Gasteiger partial charge in [0.1, 0.15) is 11.9 Å². The zero-order valence-electron chi connectivity index (χ0n) is 17.0. The number of carbonyl (C=O) groups is 2. The molecule has 2 saturated carbocycles. The van der Waals surface area contributed by atoms with Crippen molar-refractivity contribution in [3.05, 3.63) is 59.2 Å². The Labute approximate surface area is 174 Å². The minimum atomic E-state index is -0.734. The fourth-order valence-corrected chi connectivity index (χ4v) is 4.02. The van der Waals surface area contributed by atoms with Gasteiger partial charge in [-0.25, -0.2) is 9.18 Å². The van der Waals surface area contributed by atoms with Crippen molar-refractivity contribution in [2.24, 2.45) is 5.92 Å². The summed E-state index contributed by atoms with van der Waals surface area (Å²) in [5.41, 5.74) is 2.09. The maximum Gasteiger partial charge on any atom is 0.414 e. The zero-order valence-corrected chi connectivity index (χ0v) is 17.0. The lowest BCUT2D eigenvalue weighted by Crippen LogP contribution is -2.42. The Hall–Kier alpha value is -2.96. The van der Waals surface area contributed by atoms with E-state index in [0.717, 1.165) is 36.3 Å². The van der Waals surface area contributed by atoms with Crippen molar-refractivity contribution < 1.29 is 18.7 Å². The molecule has 5 rings (SSSR count). The van der Waals surface area contributed by atoms with E-state index < -0.39 is 5.54 Å². The molecule has 2 amide bonds. The Bertz CT molecular complexity index is 1020. The number of nitrogens with one attached hydrogen (secondary N) is 1. The molecule has 7 heteroatoms. The molecule has 2 fully saturated rings. The quantitative estimate of drug-likeness (QED) is 0.825. The highest BCUT2D eigenvalue weighted by molar-refractivity contribution is 5.94. The maximum atomic E-state index is 13.1. The Kier molecular flexibility index (Phi) is 4.31. The summed E-state index contributed by atoms with van der Waals surface area (Å²) in [7, 11) is 0. The maximum absolute atomic E-state index is 13.1. The molecule has 0 bridgehead atoms. The van der Waals surface area contributed by atoms with Crippen LogP contribution >= 0.6 is 0 Å². The summed E-state index contributed by atoms with van der Waals surface area (Å²) in [6, 6.07) is 9.21. The number of aromatic nitrogens is 1. The summed E-state index contributed by atoms with van der Waals surface area (Å²) in [4.78, 5) is 31.8. The Morgan fingerprint density at radius 1 is 1.17 bits per heavy atom. The van der Waals surface area contributed by atoms with Crippen LogP contribution in [0, 0.1) is 11.7 Å². The van der Waals surface area contributed by atoms with Crippen LogP contribution in [0.5, 0.6) is 0 Å². The minimum absolute atomic E-state index is 0.0608. The fraction of sp³-hybridized carbons (Fsp3) is 0.435. The van der Waals surface area contributed by atoms with Crippen LogP contribution in [0.15, 0.2) is 36.4 Å². The summed E-state index contributed by atoms with van der Waals surface area (Å²) >= 11 is 0. The van der Waals surface area contributed by atoms with E-state index in [0.29, 0.717) is 23.9 Å². The van der Waals surface area contributed by atoms with Gasteiger partial charge < -0.3 is 10.1 Å². The molecule has 1 aromatic carbocycles. The predicted molar refractivity (Wildman–Crippen MR) is 109 cm³/mol. The van der Waals surface area contributed by atoms with Gasteiger partial charge in [0, 0.05) is 18.0 Å². The summed E-state index contributed by atoms with van der Waals surface area (Å²) < 4.78 is 18.6. The number of hydrogen-bond acceptors (Lipinski definition) is 4. The van der Waals surface area contributed by atoms with Gasteiger partial charge >= 0.3 is 6.09 Å². The summed E-state index contributed by atoms with van der Waals surface area (Å²) in [6.07, 6.45) is 2.67. The Morgan fingerprint density at radius 2 is 1.90 bits per heavy atom. The van der Waals surface area contributed by atoms with Gasteiger partial charge in [0.15, 0.2) is 0 Å². The fourth-order valence-electron chi connectivity index (χ4n) is 4.02. The monoisotopic (exact) mass is 409 g/mol. The highest BCUT2D eigenvalue weighted by Crippen LogP contribution is 2.54. The van der Waals surface area contributed by atoms with Crippen LogP contribution in [0.2, 0.25) is 0 Å². The second-order valence-electron chi connectivity index (χ2n) is 8.98. The molecule has 0 spiro atoms. The second kappa shape index (κ2) is 6.79. The van der Waals surface area contributed by atoms with E-state index in [-0.39, 0.29) is 23.9 Å². The number of rotatable bonds is 4. The number of pyridine rings is 1. The van der Waals surface area contributed by atoms with Gasteiger partial charge in [0.25, 0.3) is 5.91 Å². The molecule has 6 nitrogen and oxygen atoms in total. The van der Waals surface area contributed by atoms with Crippen molar-refractivity contribution in [2.75, 3.05) is 11.4 Å². The molecule has 30 heavy (non-hydrogen) atoms. The third kappa shape index (κ3) is 3.53. The molecule has 0 radical (unpaired) electrons. The van der Waals surface area contributed by atoms with E-state index in [4.69, 9.17) is 9.72 Å². The Morgan fingerprint density at radius 3 is 2.60 bits per heavy atom. The molecule has 1 aromatic heterocycles. The van der Waals surface area contributed by atoms with Gasteiger partial charge in [-0.1, -0.05) is 0 Å². The van der Waals surface area contributed by atoms with Gasteiger partial charge in [-0.15, -0.1) is 0 Å². The van der Waals surface area contributed by atoms with E-state index in [1.165, 1.54) is 24.3 Å². The second-order valence-corrected chi connectivity index (χ2v) is 8.98. The molecule has 2 aliphatic carbocycles. The van der Waals surface area contributed by atoms with Gasteiger partial charge in [-0.2, -0.15) is 0 Å². The van der Waals surface area contributed by atoms with Crippen LogP contribution in [0.4, 0.5) is 14.9 Å². The molecule has 156 valence electrons. The molecular formula is C23H24FN3O3. The first-order valence-electron chi connectivity index (χ1n) is 10.4. The number of fused-ring (bicyclic) bond motifs is 3. The number of anilines is 1. The van der Waals surface area contributed by atoms with Crippen molar-refractivity contribution in [2.45, 2.75) is 50.7 Å². The predicted octanol–water partition coefficient (Wildman–Crippen LogP) is 4.11. The van der Waals surface area contributed by atoms with Crippen LogP contribution in [0.1, 0.15) is 60.8 Å². The molecule has 1 N–H and O–H groups in total. The molecule has 1 aliphatic heterocycles. The van der Waals surface area contributed by atoms with E-state index >= 15 is 0 Å². The summed E-state index contributed by atoms with van der Waals surface area (Å²) in [5, 5.41) is 2.98. The average molecular weight is 409 g/mol. The Balaban J connectivity index is 1.38. The molecule has 2 unspecified atom stereocenters. The first-order valence-corrected chi connectivity index (χ1v) is 10.4. The smallest absolute Gasteiger partial charge is 0.414 e. The normalized spacial score (nSPS) is 22.0. The van der Waals surface area contributed by atoms with E-state index in [1.807, 2.05) is 26.0 Å². The zero-order chi connectivity index (χ0) is 21.0. The molecule has 2 aromatic rings. The van der Waals surface area contributed by atoms with Crippen molar-refractivity contribution in [1.82, 2.24) is 10.3 Å². The van der Waals surface area contributed by atoms with Crippen molar-refractivity contribution >= 4 is 17.7 Å². The van der Waals surface area contributed by atoms with Crippen LogP contribution < -0.4 is 10.2 Å². The number of halogens is 1. The van der Waals surface area contributed by atoms with E-state index in [1.54, 1.807) is 4.90 Å². The van der Waals surface area contributed by atoms with Crippen molar-refractivity contribution in [3.63, 3.8) is 0 Å². The number of amides is 2. The number of ether oxygens (including phenoxy) is 1. The number of benzene rings is 1. The number of carbonyl (C=O) groups excluding carboxylic acids is 2. The molecule has 0 saturated heterocycles. The van der Waals surface area contributed by atoms with Crippen molar-refractivity contribution in [1.29, 1.82) is 0 Å². The lowest BCUT2D eigenvalue weighted by molar-refractivity contribution is 0.0910. The first-order chi connectivity index (χ1) is 14.3. The topological polar surface area (TPSA) is 71.5 Å². The first kappa shape index (κ1) is 19.0. The number of nitrogens with zero attached hydrogens (tertiary/aromatic N) is 2. The average Bonchev–Trinajstić information content (AvgIpc) is 3.62. The van der Waals surface area contributed by atoms with Crippen LogP contribution in [0.3, 0.4) is 0 Å². The summed E-state index contributed by atoms with van der Waals surface area (Å²) in [6.45, 7) is 4.44. The third-order valence-corrected chi connectivity index (χ3v) is 6.07. The standard InChI is InChI=1S/C23H24FN3O3/c1-23(2,26-21(28)13-3-5-15(24)6-4-13)19-10-9-18-20(25-19)17-11-14(17)12-27(18)22(29)30-16-7-8-16/h3-6,9-10,14,16-17H,7-8,11-12H2,1-2H3,(H,26,28). The van der Waals surface area contributed by atoms with Crippen LogP contribution in [-0.4, -0.2) is 29.6 Å². The summed E-state index contributed by atoms with van der Waals surface area (Å²) in [5.74, 6) is 0.0989. The van der Waals surface area contributed by atoms with E-state index in [2.05, 4.69) is 5.32 Å². The minimum Gasteiger partial charge on any atom is -0.446 e. The third-order valence-electron chi connectivity index (χ3n) is 6.07. The largest absolute Gasteiger partial charge is 0.446 e. The van der Waals surface area contributed by atoms with E-state index in [9.17, 15) is 14.0 Å². The van der Waals surface area contributed by atoms with Gasteiger partial charge in [-0.3, -0.25) is 14.7 Å². The van der Waals surface area contributed by atoms with Gasteiger partial charge in [0.05, 0.1) is 22.6 Å². The lowest BCUT2D eigenvalue weighted by Gasteiger charge is -2.31. The molecule has 2 heterocycles. The molecule has 2 atom stereocenters. The highest BCUT2D eigenvalue weighted by atomic mass is 19.1. The van der Waals surface area contributed by atoms with Crippen LogP contribution in [0.25, 0.3) is 0 Å². The number of hydrogen-bond donors (Lipinski definition) is 1. The lowest BCUT2D eigenvalue weighted by atomic mass is 9.97. The molecular weight excluding hydrogens is 385 g/mol. The van der Waals surface area contributed by atoms with Crippen LogP contribution in [-0.2, 0) is 10.3 Å². The SMILES string of the molecule is CC(C)(NC(=O)c1ccc(F)cc1)c1ccc2c(n1)C1CC1CN2C(=O)OC1CC1. The molecule has 3 aliphatic rings.